The van der Waals surface area contributed by atoms with E-state index in [0.29, 0.717) is 23.8 Å². The zero-order valence-electron chi connectivity index (χ0n) is 13.6. The molecule has 0 aliphatic rings. The highest BCUT2D eigenvalue weighted by Crippen LogP contribution is 2.38. The Balaban J connectivity index is 2.13. The van der Waals surface area contributed by atoms with Crippen molar-refractivity contribution in [1.29, 1.82) is 0 Å². The Kier molecular flexibility index (Phi) is 5.67. The predicted octanol–water partition coefficient (Wildman–Crippen LogP) is 3.56. The molecule has 0 bridgehead atoms. The van der Waals surface area contributed by atoms with Crippen molar-refractivity contribution in [2.75, 3.05) is 21.3 Å². The van der Waals surface area contributed by atoms with E-state index in [1.165, 1.54) is 5.56 Å². The van der Waals surface area contributed by atoms with Crippen molar-refractivity contribution in [3.63, 3.8) is 0 Å². The molecule has 0 saturated heterocycles. The van der Waals surface area contributed by atoms with Crippen molar-refractivity contribution in [3.8, 4) is 17.2 Å². The van der Waals surface area contributed by atoms with Gasteiger partial charge in [0.1, 0.15) is 0 Å². The third-order valence-electron chi connectivity index (χ3n) is 3.64. The summed E-state index contributed by atoms with van der Waals surface area (Å²) in [7, 11) is 4.86. The van der Waals surface area contributed by atoms with Gasteiger partial charge in [-0.1, -0.05) is 30.3 Å². The Morgan fingerprint density at radius 2 is 1.50 bits per heavy atom. The summed E-state index contributed by atoms with van der Waals surface area (Å²) in [6, 6.07) is 14.5. The van der Waals surface area contributed by atoms with Crippen LogP contribution in [0, 0.1) is 0 Å². The molecule has 22 heavy (non-hydrogen) atoms. The van der Waals surface area contributed by atoms with E-state index in [4.69, 9.17) is 14.2 Å². The monoisotopic (exact) mass is 301 g/mol. The fraction of sp³-hybridized carbons (Fsp3) is 0.333. The summed E-state index contributed by atoms with van der Waals surface area (Å²) in [6.07, 6.45) is 0. The summed E-state index contributed by atoms with van der Waals surface area (Å²) in [5.74, 6) is 1.96. The second kappa shape index (κ2) is 7.71. The third-order valence-corrected chi connectivity index (χ3v) is 3.64. The summed E-state index contributed by atoms with van der Waals surface area (Å²) < 4.78 is 16.1. The van der Waals surface area contributed by atoms with E-state index < -0.39 is 0 Å². The molecule has 2 aromatic carbocycles. The highest BCUT2D eigenvalue weighted by molar-refractivity contribution is 5.53. The van der Waals surface area contributed by atoms with Crippen LogP contribution in [0.1, 0.15) is 24.1 Å². The van der Waals surface area contributed by atoms with Crippen LogP contribution in [0.4, 0.5) is 0 Å². The molecule has 0 saturated carbocycles. The van der Waals surface area contributed by atoms with Crippen LogP contribution in [-0.2, 0) is 6.54 Å². The van der Waals surface area contributed by atoms with Gasteiger partial charge in [0.25, 0.3) is 0 Å². The van der Waals surface area contributed by atoms with Gasteiger partial charge < -0.3 is 19.5 Å². The molecule has 1 atom stereocenters. The van der Waals surface area contributed by atoms with Gasteiger partial charge in [0.05, 0.1) is 21.3 Å². The van der Waals surface area contributed by atoms with Crippen LogP contribution in [0.25, 0.3) is 0 Å². The van der Waals surface area contributed by atoms with Crippen molar-refractivity contribution in [1.82, 2.24) is 5.32 Å². The number of hydrogen-bond donors (Lipinski definition) is 1. The lowest BCUT2D eigenvalue weighted by atomic mass is 10.1. The number of rotatable bonds is 7. The Bertz CT molecular complexity index is 574. The highest BCUT2D eigenvalue weighted by Gasteiger charge is 2.13. The lowest BCUT2D eigenvalue weighted by molar-refractivity contribution is 0.323. The molecule has 4 heteroatoms. The normalized spacial score (nSPS) is 11.8. The van der Waals surface area contributed by atoms with Gasteiger partial charge in [0.15, 0.2) is 11.5 Å². The average Bonchev–Trinajstić information content (AvgIpc) is 2.59. The Morgan fingerprint density at radius 3 is 2.00 bits per heavy atom. The predicted molar refractivity (Wildman–Crippen MR) is 87.8 cm³/mol. The Labute approximate surface area is 132 Å². The summed E-state index contributed by atoms with van der Waals surface area (Å²) in [4.78, 5) is 0. The van der Waals surface area contributed by atoms with Gasteiger partial charge in [-0.25, -0.2) is 0 Å². The molecular weight excluding hydrogens is 278 g/mol. The van der Waals surface area contributed by atoms with Gasteiger partial charge in [0.2, 0.25) is 5.75 Å². The first kappa shape index (κ1) is 16.2. The van der Waals surface area contributed by atoms with Gasteiger partial charge in [0, 0.05) is 12.6 Å². The van der Waals surface area contributed by atoms with Crippen molar-refractivity contribution < 1.29 is 14.2 Å². The fourth-order valence-corrected chi connectivity index (χ4v) is 2.37. The highest BCUT2D eigenvalue weighted by atomic mass is 16.5. The van der Waals surface area contributed by atoms with Crippen molar-refractivity contribution in [2.24, 2.45) is 0 Å². The first-order chi connectivity index (χ1) is 10.7. The standard InChI is InChI=1S/C18H23NO3/c1-13(15-8-6-5-7-9-15)19-12-14-10-16(20-2)18(22-4)17(11-14)21-3/h5-11,13,19H,12H2,1-4H3/t13-/m1/s1. The number of nitrogens with one attached hydrogen (secondary N) is 1. The van der Waals surface area contributed by atoms with Gasteiger partial charge in [-0.05, 0) is 30.2 Å². The molecule has 4 nitrogen and oxygen atoms in total. The SMILES string of the molecule is COc1cc(CN[C@H](C)c2ccccc2)cc(OC)c1OC. The molecule has 1 N–H and O–H groups in total. The van der Waals surface area contributed by atoms with E-state index >= 15 is 0 Å². The number of hydrogen-bond acceptors (Lipinski definition) is 4. The van der Waals surface area contributed by atoms with Gasteiger partial charge >= 0.3 is 0 Å². The van der Waals surface area contributed by atoms with E-state index in [1.54, 1.807) is 21.3 Å². The largest absolute Gasteiger partial charge is 0.493 e. The minimum atomic E-state index is 0.264. The van der Waals surface area contributed by atoms with E-state index in [0.717, 1.165) is 5.56 Å². The molecule has 2 rings (SSSR count). The quantitative estimate of drug-likeness (QED) is 0.849. The summed E-state index contributed by atoms with van der Waals surface area (Å²) >= 11 is 0. The van der Waals surface area contributed by atoms with Crippen LogP contribution in [0.15, 0.2) is 42.5 Å². The molecule has 0 aliphatic carbocycles. The maximum Gasteiger partial charge on any atom is 0.203 e. The molecule has 0 aromatic heterocycles. The lowest BCUT2D eigenvalue weighted by Gasteiger charge is -2.17. The van der Waals surface area contributed by atoms with Crippen LogP contribution in [-0.4, -0.2) is 21.3 Å². The number of methoxy groups -OCH3 is 3. The zero-order valence-corrected chi connectivity index (χ0v) is 13.6. The summed E-state index contributed by atoms with van der Waals surface area (Å²) in [5, 5.41) is 3.50. The van der Waals surface area contributed by atoms with E-state index in [2.05, 4.69) is 24.4 Å². The second-order valence-corrected chi connectivity index (χ2v) is 5.05. The van der Waals surface area contributed by atoms with E-state index in [9.17, 15) is 0 Å². The molecule has 0 unspecified atom stereocenters. The second-order valence-electron chi connectivity index (χ2n) is 5.05. The Hall–Kier alpha value is -2.20. The molecule has 0 heterocycles. The minimum Gasteiger partial charge on any atom is -0.493 e. The van der Waals surface area contributed by atoms with Crippen LogP contribution in [0.2, 0.25) is 0 Å². The smallest absolute Gasteiger partial charge is 0.203 e. The van der Waals surface area contributed by atoms with E-state index in [-0.39, 0.29) is 6.04 Å². The minimum absolute atomic E-state index is 0.264. The van der Waals surface area contributed by atoms with Crippen LogP contribution < -0.4 is 19.5 Å². The van der Waals surface area contributed by atoms with Gasteiger partial charge in [-0.3, -0.25) is 0 Å². The van der Waals surface area contributed by atoms with Crippen molar-refractivity contribution in [2.45, 2.75) is 19.5 Å². The van der Waals surface area contributed by atoms with Gasteiger partial charge in [-0.15, -0.1) is 0 Å². The summed E-state index contributed by atoms with van der Waals surface area (Å²) in [5.41, 5.74) is 2.34. The third kappa shape index (κ3) is 3.71. The molecule has 118 valence electrons. The molecule has 0 fully saturated rings. The number of benzene rings is 2. The Morgan fingerprint density at radius 1 is 0.909 bits per heavy atom. The van der Waals surface area contributed by atoms with Gasteiger partial charge in [-0.2, -0.15) is 0 Å². The van der Waals surface area contributed by atoms with Crippen molar-refractivity contribution >= 4 is 0 Å². The molecule has 0 amide bonds. The summed E-state index contributed by atoms with van der Waals surface area (Å²) in [6.45, 7) is 2.86. The molecule has 0 spiro atoms. The average molecular weight is 301 g/mol. The molecule has 0 aliphatic heterocycles. The topological polar surface area (TPSA) is 39.7 Å². The van der Waals surface area contributed by atoms with Crippen LogP contribution in [0.5, 0.6) is 17.2 Å². The maximum absolute atomic E-state index is 5.38. The fourth-order valence-electron chi connectivity index (χ4n) is 2.37. The van der Waals surface area contributed by atoms with Crippen LogP contribution >= 0.6 is 0 Å². The van der Waals surface area contributed by atoms with E-state index in [1.807, 2.05) is 30.3 Å². The first-order valence-corrected chi connectivity index (χ1v) is 7.26. The molecule has 2 aromatic rings. The maximum atomic E-state index is 5.38. The zero-order chi connectivity index (χ0) is 15.9. The number of ether oxygens (including phenoxy) is 3. The van der Waals surface area contributed by atoms with Crippen molar-refractivity contribution in [3.05, 3.63) is 53.6 Å². The molecule has 0 radical (unpaired) electrons. The lowest BCUT2D eigenvalue weighted by Crippen LogP contribution is -2.18. The first-order valence-electron chi connectivity index (χ1n) is 7.26. The van der Waals surface area contributed by atoms with Crippen LogP contribution in [0.3, 0.4) is 0 Å². The molecular formula is C18H23NO3.